The standard InChI is InChI=1S/C19H31N3O2/c1-24-18-10-6-9-17(14-18)22-13-7-8-16(15-22)21-19(23)11-4-2-3-5-12-20/h6,9-10,14,16H,2-5,7-8,11-13,15,20H2,1H3,(H,21,23). The Hall–Kier alpha value is -1.75. The van der Waals surface area contributed by atoms with Crippen LogP contribution in [0.5, 0.6) is 5.75 Å². The minimum atomic E-state index is 0.181. The van der Waals surface area contributed by atoms with Crippen molar-refractivity contribution in [2.24, 2.45) is 5.73 Å². The largest absolute Gasteiger partial charge is 0.497 e. The molecule has 24 heavy (non-hydrogen) atoms. The molecule has 1 aliphatic heterocycles. The molecule has 5 heteroatoms. The maximum atomic E-state index is 12.1. The first-order valence-corrected chi connectivity index (χ1v) is 9.11. The smallest absolute Gasteiger partial charge is 0.220 e. The molecule has 1 unspecified atom stereocenters. The van der Waals surface area contributed by atoms with Gasteiger partial charge in [0.25, 0.3) is 0 Å². The number of unbranched alkanes of at least 4 members (excludes halogenated alkanes) is 3. The molecular formula is C19H31N3O2. The summed E-state index contributed by atoms with van der Waals surface area (Å²) in [4.78, 5) is 14.4. The summed E-state index contributed by atoms with van der Waals surface area (Å²) in [6.45, 7) is 2.64. The monoisotopic (exact) mass is 333 g/mol. The molecule has 0 aliphatic carbocycles. The Morgan fingerprint density at radius 2 is 2.17 bits per heavy atom. The lowest BCUT2D eigenvalue weighted by molar-refractivity contribution is -0.122. The SMILES string of the molecule is COc1cccc(N2CCCC(NC(=O)CCCCCCN)C2)c1. The summed E-state index contributed by atoms with van der Waals surface area (Å²) in [7, 11) is 1.69. The first-order valence-electron chi connectivity index (χ1n) is 9.11. The van der Waals surface area contributed by atoms with Crippen LogP contribution in [0, 0.1) is 0 Å². The Morgan fingerprint density at radius 3 is 2.96 bits per heavy atom. The van der Waals surface area contributed by atoms with Crippen molar-refractivity contribution in [3.8, 4) is 5.75 Å². The second kappa shape index (κ2) is 10.2. The molecule has 0 saturated carbocycles. The first kappa shape index (κ1) is 18.6. The maximum Gasteiger partial charge on any atom is 0.220 e. The van der Waals surface area contributed by atoms with Gasteiger partial charge in [-0.2, -0.15) is 0 Å². The highest BCUT2D eigenvalue weighted by molar-refractivity contribution is 5.76. The zero-order chi connectivity index (χ0) is 17.2. The van der Waals surface area contributed by atoms with Gasteiger partial charge in [0.15, 0.2) is 0 Å². The van der Waals surface area contributed by atoms with Crippen LogP contribution in [0.25, 0.3) is 0 Å². The van der Waals surface area contributed by atoms with E-state index in [0.717, 1.165) is 69.6 Å². The zero-order valence-electron chi connectivity index (χ0n) is 14.8. The molecule has 1 atom stereocenters. The Kier molecular flexibility index (Phi) is 7.89. The number of nitrogens with zero attached hydrogens (tertiary/aromatic N) is 1. The van der Waals surface area contributed by atoms with E-state index >= 15 is 0 Å². The van der Waals surface area contributed by atoms with Crippen molar-refractivity contribution in [2.45, 2.75) is 51.0 Å². The summed E-state index contributed by atoms with van der Waals surface area (Å²) < 4.78 is 5.31. The van der Waals surface area contributed by atoms with Crippen molar-refractivity contribution >= 4 is 11.6 Å². The van der Waals surface area contributed by atoms with Gasteiger partial charge in [-0.15, -0.1) is 0 Å². The molecule has 1 aromatic carbocycles. The van der Waals surface area contributed by atoms with Gasteiger partial charge in [-0.05, 0) is 44.4 Å². The average molecular weight is 333 g/mol. The van der Waals surface area contributed by atoms with Gasteiger partial charge in [0.2, 0.25) is 5.91 Å². The topological polar surface area (TPSA) is 67.6 Å². The van der Waals surface area contributed by atoms with Gasteiger partial charge in [-0.1, -0.05) is 18.9 Å². The van der Waals surface area contributed by atoms with Crippen molar-refractivity contribution < 1.29 is 9.53 Å². The van der Waals surface area contributed by atoms with Crippen LogP contribution in [-0.4, -0.2) is 38.7 Å². The predicted molar refractivity (Wildman–Crippen MR) is 98.5 cm³/mol. The minimum absolute atomic E-state index is 0.181. The van der Waals surface area contributed by atoms with Crippen LogP contribution in [0.4, 0.5) is 5.69 Å². The zero-order valence-corrected chi connectivity index (χ0v) is 14.8. The summed E-state index contributed by atoms with van der Waals surface area (Å²) in [5, 5.41) is 3.20. The Bertz CT molecular complexity index is 507. The molecule has 0 radical (unpaired) electrons. The van der Waals surface area contributed by atoms with Crippen LogP contribution in [0.1, 0.15) is 44.9 Å². The van der Waals surface area contributed by atoms with Crippen molar-refractivity contribution in [2.75, 3.05) is 31.6 Å². The van der Waals surface area contributed by atoms with Gasteiger partial charge in [0, 0.05) is 37.3 Å². The molecule has 1 aliphatic rings. The van der Waals surface area contributed by atoms with E-state index in [9.17, 15) is 4.79 Å². The number of carbonyl (C=O) groups excluding carboxylic acids is 1. The molecule has 1 aromatic rings. The van der Waals surface area contributed by atoms with Crippen LogP contribution in [-0.2, 0) is 4.79 Å². The number of methoxy groups -OCH3 is 1. The number of anilines is 1. The molecule has 0 bridgehead atoms. The summed E-state index contributed by atoms with van der Waals surface area (Å²) in [6.07, 6.45) is 7.00. The number of carbonyl (C=O) groups is 1. The highest BCUT2D eigenvalue weighted by Crippen LogP contribution is 2.24. The second-order valence-corrected chi connectivity index (χ2v) is 6.51. The normalized spacial score (nSPS) is 17.6. The summed E-state index contributed by atoms with van der Waals surface area (Å²) in [5.74, 6) is 1.05. The van der Waals surface area contributed by atoms with E-state index in [4.69, 9.17) is 10.5 Å². The van der Waals surface area contributed by atoms with Gasteiger partial charge in [-0.3, -0.25) is 4.79 Å². The van der Waals surface area contributed by atoms with E-state index < -0.39 is 0 Å². The van der Waals surface area contributed by atoms with Crippen LogP contribution in [0.15, 0.2) is 24.3 Å². The van der Waals surface area contributed by atoms with Crippen molar-refractivity contribution in [1.29, 1.82) is 0 Å². The third kappa shape index (κ3) is 6.04. The van der Waals surface area contributed by atoms with E-state index in [2.05, 4.69) is 22.3 Å². The molecule has 0 aromatic heterocycles. The molecule has 1 saturated heterocycles. The van der Waals surface area contributed by atoms with Crippen molar-refractivity contribution in [1.82, 2.24) is 5.32 Å². The number of hydrogen-bond acceptors (Lipinski definition) is 4. The van der Waals surface area contributed by atoms with Crippen LogP contribution < -0.4 is 20.7 Å². The minimum Gasteiger partial charge on any atom is -0.497 e. The lowest BCUT2D eigenvalue weighted by atomic mass is 10.0. The second-order valence-electron chi connectivity index (χ2n) is 6.51. The number of nitrogens with one attached hydrogen (secondary N) is 1. The average Bonchev–Trinajstić information content (AvgIpc) is 2.62. The van der Waals surface area contributed by atoms with E-state index in [1.165, 1.54) is 0 Å². The van der Waals surface area contributed by atoms with Crippen LogP contribution in [0.2, 0.25) is 0 Å². The van der Waals surface area contributed by atoms with Gasteiger partial charge >= 0.3 is 0 Å². The molecule has 1 amide bonds. The number of amides is 1. The number of piperidine rings is 1. The first-order chi connectivity index (χ1) is 11.7. The number of hydrogen-bond donors (Lipinski definition) is 2. The molecule has 134 valence electrons. The molecule has 5 nitrogen and oxygen atoms in total. The van der Waals surface area contributed by atoms with E-state index in [0.29, 0.717) is 6.42 Å². The number of rotatable bonds is 9. The molecule has 1 heterocycles. The fraction of sp³-hybridized carbons (Fsp3) is 0.632. The fourth-order valence-corrected chi connectivity index (χ4v) is 3.22. The maximum absolute atomic E-state index is 12.1. The quantitative estimate of drug-likeness (QED) is 0.682. The van der Waals surface area contributed by atoms with E-state index in [1.807, 2.05) is 12.1 Å². The van der Waals surface area contributed by atoms with Crippen molar-refractivity contribution in [3.63, 3.8) is 0 Å². The van der Waals surface area contributed by atoms with E-state index in [1.54, 1.807) is 7.11 Å². The number of nitrogens with two attached hydrogens (primary N) is 1. The van der Waals surface area contributed by atoms with E-state index in [-0.39, 0.29) is 11.9 Å². The molecular weight excluding hydrogens is 302 g/mol. The highest BCUT2D eigenvalue weighted by Gasteiger charge is 2.21. The van der Waals surface area contributed by atoms with Gasteiger partial charge in [0.1, 0.15) is 5.75 Å². The van der Waals surface area contributed by atoms with Gasteiger partial charge in [0.05, 0.1) is 7.11 Å². The van der Waals surface area contributed by atoms with Crippen molar-refractivity contribution in [3.05, 3.63) is 24.3 Å². The summed E-state index contributed by atoms with van der Waals surface area (Å²) in [5.41, 5.74) is 6.64. The predicted octanol–water partition coefficient (Wildman–Crippen LogP) is 2.69. The third-order valence-electron chi connectivity index (χ3n) is 4.56. The molecule has 2 rings (SSSR count). The van der Waals surface area contributed by atoms with Gasteiger partial charge in [-0.25, -0.2) is 0 Å². The molecule has 1 fully saturated rings. The van der Waals surface area contributed by atoms with Gasteiger partial charge < -0.3 is 20.7 Å². The fourth-order valence-electron chi connectivity index (χ4n) is 3.22. The Labute approximate surface area is 145 Å². The summed E-state index contributed by atoms with van der Waals surface area (Å²) >= 11 is 0. The Balaban J connectivity index is 1.77. The lowest BCUT2D eigenvalue weighted by Crippen LogP contribution is -2.47. The Morgan fingerprint density at radius 1 is 1.33 bits per heavy atom. The lowest BCUT2D eigenvalue weighted by Gasteiger charge is -2.35. The van der Waals surface area contributed by atoms with Crippen LogP contribution in [0.3, 0.4) is 0 Å². The number of benzene rings is 1. The third-order valence-corrected chi connectivity index (χ3v) is 4.56. The highest BCUT2D eigenvalue weighted by atomic mass is 16.5. The van der Waals surface area contributed by atoms with Crippen LogP contribution >= 0.6 is 0 Å². The molecule has 3 N–H and O–H groups in total. The number of ether oxygens (including phenoxy) is 1. The molecule has 0 spiro atoms. The summed E-state index contributed by atoms with van der Waals surface area (Å²) in [6, 6.07) is 8.36.